The molecule has 0 saturated carbocycles. The molecule has 0 saturated heterocycles. The topological polar surface area (TPSA) is 108 Å². The molecule has 0 spiro atoms. The van der Waals surface area contributed by atoms with E-state index in [1.807, 2.05) is 0 Å². The Labute approximate surface area is 98.2 Å². The van der Waals surface area contributed by atoms with Gasteiger partial charge in [0, 0.05) is 0 Å². The summed E-state index contributed by atoms with van der Waals surface area (Å²) in [7, 11) is 0. The van der Waals surface area contributed by atoms with E-state index >= 15 is 0 Å². The SMILES string of the molecule is O=S=O.[K+].[O]=[Mn](=[O])(=[O])[O-]. The molecule has 0 bridgehead atoms. The van der Waals surface area contributed by atoms with Crippen LogP contribution in [-0.4, -0.2) is 8.42 Å². The summed E-state index contributed by atoms with van der Waals surface area (Å²) < 4.78 is 50.9. The summed E-state index contributed by atoms with van der Waals surface area (Å²) in [6.45, 7) is 0. The van der Waals surface area contributed by atoms with Crippen molar-refractivity contribution in [3.63, 3.8) is 0 Å². The van der Waals surface area contributed by atoms with Crippen molar-refractivity contribution in [2.45, 2.75) is 0 Å². The molecular weight excluding hydrogens is 222 g/mol. The van der Waals surface area contributed by atoms with Gasteiger partial charge < -0.3 is 0 Å². The Kier molecular flexibility index (Phi) is 17.4. The fourth-order valence-corrected chi connectivity index (χ4v) is 0. The first-order valence-electron chi connectivity index (χ1n) is 0.951. The quantitative estimate of drug-likeness (QED) is 0.379. The maximum atomic E-state index is 8.58. The zero-order chi connectivity index (χ0) is 7.21. The summed E-state index contributed by atoms with van der Waals surface area (Å²) in [5, 5.41) is 0. The monoisotopic (exact) mass is 222 g/mol. The van der Waals surface area contributed by atoms with Crippen molar-refractivity contribution in [1.82, 2.24) is 0 Å². The van der Waals surface area contributed by atoms with Crippen LogP contribution in [0.3, 0.4) is 0 Å². The van der Waals surface area contributed by atoms with E-state index in [2.05, 4.69) is 0 Å². The first-order chi connectivity index (χ1) is 3.41. The molecule has 0 unspecified atom stereocenters. The molecule has 0 aromatic carbocycles. The number of rotatable bonds is 0. The third-order valence-corrected chi connectivity index (χ3v) is 0. The van der Waals surface area contributed by atoms with Crippen LogP contribution in [0.2, 0.25) is 0 Å². The molecule has 0 aliphatic carbocycles. The molecule has 0 atom stereocenters. The van der Waals surface area contributed by atoms with Gasteiger partial charge >= 0.3 is 91.6 Å². The third kappa shape index (κ3) is 282. The molecule has 0 aromatic heterocycles. The summed E-state index contributed by atoms with van der Waals surface area (Å²) in [4.78, 5) is 0. The molecule has 0 heterocycles. The predicted molar refractivity (Wildman–Crippen MR) is 11.0 cm³/mol. The van der Waals surface area contributed by atoms with Crippen LogP contribution in [0, 0.1) is 0 Å². The van der Waals surface area contributed by atoms with E-state index in [1.165, 1.54) is 0 Å². The van der Waals surface area contributed by atoms with Crippen LogP contribution in [-0.2, 0) is 36.0 Å². The molecule has 0 rings (SSSR count). The Morgan fingerprint density at radius 1 is 1.11 bits per heavy atom. The van der Waals surface area contributed by atoms with E-state index in [9.17, 15) is 0 Å². The molecule has 9 heteroatoms. The van der Waals surface area contributed by atoms with Gasteiger partial charge in [-0.3, -0.25) is 0 Å². The van der Waals surface area contributed by atoms with Crippen LogP contribution in [0.15, 0.2) is 0 Å². The first kappa shape index (κ1) is 16.7. The third-order valence-electron chi connectivity index (χ3n) is 0. The minimum atomic E-state index is -5.62. The van der Waals surface area contributed by atoms with Gasteiger partial charge in [-0.05, 0) is 0 Å². The van der Waals surface area contributed by atoms with Crippen molar-refractivity contribution in [3.05, 3.63) is 0 Å². The fourth-order valence-electron chi connectivity index (χ4n) is 0. The van der Waals surface area contributed by atoms with E-state index in [0.717, 1.165) is 0 Å². The predicted octanol–water partition coefficient (Wildman–Crippen LogP) is -5.21. The van der Waals surface area contributed by atoms with Gasteiger partial charge in [-0.15, -0.1) is 0 Å². The second-order valence-corrected chi connectivity index (χ2v) is 1.76. The normalized spacial score (nSPS) is 7.67. The molecule has 0 N–H and O–H groups in total. The van der Waals surface area contributed by atoms with Crippen LogP contribution < -0.4 is 55.6 Å². The summed E-state index contributed by atoms with van der Waals surface area (Å²) in [6, 6.07) is 0. The van der Waals surface area contributed by atoms with Crippen molar-refractivity contribution >= 4 is 11.6 Å². The number of hydrogen-bond acceptors (Lipinski definition) is 6. The standard InChI is InChI=1S/K.Mn.O2S.4O/c;;1-3-2;;;;/q+1;;;;;;-1. The Bertz CT molecular complexity index is 196. The van der Waals surface area contributed by atoms with Crippen LogP contribution in [0.25, 0.3) is 0 Å². The Morgan fingerprint density at radius 2 is 1.11 bits per heavy atom. The molecule has 9 heavy (non-hydrogen) atoms. The van der Waals surface area contributed by atoms with E-state index in [4.69, 9.17) is 24.1 Å². The van der Waals surface area contributed by atoms with Crippen molar-refractivity contribution in [1.29, 1.82) is 0 Å². The zero-order valence-electron chi connectivity index (χ0n) is 4.24. The number of hydrogen-bond donors (Lipinski definition) is 0. The fraction of sp³-hybridized carbons (Fsp3) is 0. The molecule has 0 amide bonds. The van der Waals surface area contributed by atoms with Crippen LogP contribution in [0.5, 0.6) is 0 Å². The molecule has 0 aromatic rings. The maximum absolute atomic E-state index is 8.58. The van der Waals surface area contributed by atoms with Gasteiger partial charge in [-0.2, -0.15) is 8.42 Å². The Balaban J connectivity index is -0.0000000800. The second-order valence-electron chi connectivity index (χ2n) is 0.446. The van der Waals surface area contributed by atoms with Gasteiger partial charge in [-0.1, -0.05) is 0 Å². The van der Waals surface area contributed by atoms with Crippen molar-refractivity contribution < 1.29 is 88.5 Å². The van der Waals surface area contributed by atoms with Crippen molar-refractivity contribution in [2.24, 2.45) is 0 Å². The molecule has 0 aliphatic rings. The molecule has 0 aliphatic heterocycles. The van der Waals surface area contributed by atoms with Gasteiger partial charge in [0.05, 0.1) is 0 Å². The van der Waals surface area contributed by atoms with Gasteiger partial charge in [0.1, 0.15) is 0 Å². The van der Waals surface area contributed by atoms with Gasteiger partial charge in [-0.25, -0.2) is 0 Å². The summed E-state index contributed by atoms with van der Waals surface area (Å²) in [5.41, 5.74) is 0. The molecular formula is KMnO6S. The van der Waals surface area contributed by atoms with Gasteiger partial charge in [0.15, 0.2) is 0 Å². The summed E-state index contributed by atoms with van der Waals surface area (Å²) in [5.74, 6) is 0. The van der Waals surface area contributed by atoms with E-state index in [-0.39, 0.29) is 51.4 Å². The van der Waals surface area contributed by atoms with Crippen LogP contribution in [0.4, 0.5) is 0 Å². The van der Waals surface area contributed by atoms with E-state index in [1.54, 1.807) is 0 Å². The minimum absolute atomic E-state index is 0. The molecule has 50 valence electrons. The molecule has 0 radical (unpaired) electrons. The Morgan fingerprint density at radius 3 is 1.11 bits per heavy atom. The molecule has 6 nitrogen and oxygen atoms in total. The summed E-state index contributed by atoms with van der Waals surface area (Å²) >= 11 is -6.38. The summed E-state index contributed by atoms with van der Waals surface area (Å²) in [6.07, 6.45) is 0. The average Bonchev–Trinajstić information content (AvgIpc) is 1.27. The van der Waals surface area contributed by atoms with Gasteiger partial charge in [0.2, 0.25) is 0 Å². The Hall–Kier alpha value is 1.34. The first-order valence-corrected chi connectivity index (χ1v) is 3.54. The van der Waals surface area contributed by atoms with Crippen molar-refractivity contribution in [3.8, 4) is 0 Å². The van der Waals surface area contributed by atoms with E-state index in [0.29, 0.717) is 0 Å². The molecule has 0 fully saturated rings. The van der Waals surface area contributed by atoms with Gasteiger partial charge in [0.25, 0.3) is 0 Å². The van der Waals surface area contributed by atoms with E-state index < -0.39 is 24.5 Å². The second kappa shape index (κ2) is 9.34. The average molecular weight is 222 g/mol. The van der Waals surface area contributed by atoms with Crippen LogP contribution >= 0.6 is 0 Å². The van der Waals surface area contributed by atoms with Crippen LogP contribution in [0.1, 0.15) is 0 Å². The zero-order valence-corrected chi connectivity index (χ0v) is 9.36. The van der Waals surface area contributed by atoms with Crippen molar-refractivity contribution in [2.75, 3.05) is 0 Å².